The van der Waals surface area contributed by atoms with Gasteiger partial charge >= 0.3 is 0 Å². The fraction of sp³-hybridized carbons (Fsp3) is 0.370. The van der Waals surface area contributed by atoms with Crippen molar-refractivity contribution in [2.75, 3.05) is 6.61 Å². The van der Waals surface area contributed by atoms with Gasteiger partial charge in [0.2, 0.25) is 0 Å². The zero-order chi connectivity index (χ0) is 23.3. The SMILES string of the molecule is CCCCc1ccc(CCCCOCc2cccc(COc3cccc([N+](=O)[O-])c3)n2)cc1. The summed E-state index contributed by atoms with van der Waals surface area (Å²) in [5.41, 5.74) is 4.41. The van der Waals surface area contributed by atoms with Crippen LogP contribution in [0.15, 0.2) is 66.7 Å². The summed E-state index contributed by atoms with van der Waals surface area (Å²) in [5, 5.41) is 10.9. The lowest BCUT2D eigenvalue weighted by molar-refractivity contribution is -0.384. The van der Waals surface area contributed by atoms with Crippen molar-refractivity contribution in [1.82, 2.24) is 4.98 Å². The lowest BCUT2D eigenvalue weighted by atomic mass is 10.0. The number of pyridine rings is 1. The molecule has 0 aliphatic heterocycles. The molecule has 1 aromatic heterocycles. The van der Waals surface area contributed by atoms with Crippen molar-refractivity contribution in [3.8, 4) is 5.75 Å². The molecule has 0 aliphatic rings. The number of nitro benzene ring substituents is 1. The van der Waals surface area contributed by atoms with E-state index in [2.05, 4.69) is 36.2 Å². The molecular formula is C27H32N2O4. The number of benzene rings is 2. The maximum atomic E-state index is 10.9. The molecular weight excluding hydrogens is 416 g/mol. The van der Waals surface area contributed by atoms with Gasteiger partial charge in [-0.3, -0.25) is 15.1 Å². The first-order valence-corrected chi connectivity index (χ1v) is 11.6. The van der Waals surface area contributed by atoms with Crippen LogP contribution in [0.25, 0.3) is 0 Å². The van der Waals surface area contributed by atoms with Gasteiger partial charge in [0, 0.05) is 12.7 Å². The molecule has 6 nitrogen and oxygen atoms in total. The monoisotopic (exact) mass is 448 g/mol. The Morgan fingerprint density at radius 1 is 0.848 bits per heavy atom. The molecule has 0 fully saturated rings. The number of hydrogen-bond donors (Lipinski definition) is 0. The van der Waals surface area contributed by atoms with Crippen molar-refractivity contribution in [2.24, 2.45) is 0 Å². The standard InChI is InChI=1S/C27H32N2O4/c1-2-3-8-22-14-16-23(17-15-22)9-4-5-18-32-20-24-10-6-11-25(28-24)21-33-27-13-7-12-26(19-27)29(30)31/h6-7,10-17,19H,2-5,8-9,18,20-21H2,1H3. The van der Waals surface area contributed by atoms with Crippen molar-refractivity contribution < 1.29 is 14.4 Å². The molecule has 0 saturated heterocycles. The first-order valence-electron chi connectivity index (χ1n) is 11.6. The fourth-order valence-corrected chi connectivity index (χ4v) is 3.50. The van der Waals surface area contributed by atoms with E-state index in [0.717, 1.165) is 30.7 Å². The summed E-state index contributed by atoms with van der Waals surface area (Å²) < 4.78 is 11.5. The van der Waals surface area contributed by atoms with E-state index >= 15 is 0 Å². The summed E-state index contributed by atoms with van der Waals surface area (Å²) >= 11 is 0. The van der Waals surface area contributed by atoms with Gasteiger partial charge in [-0.2, -0.15) is 0 Å². The number of ether oxygens (including phenoxy) is 2. The number of non-ortho nitro benzene ring substituents is 1. The quantitative estimate of drug-likeness (QED) is 0.161. The molecule has 0 unspecified atom stereocenters. The van der Waals surface area contributed by atoms with Crippen LogP contribution in [-0.2, 0) is 30.8 Å². The number of nitro groups is 1. The Hall–Kier alpha value is -3.25. The Morgan fingerprint density at radius 2 is 1.52 bits per heavy atom. The smallest absolute Gasteiger partial charge is 0.273 e. The Labute approximate surface area is 195 Å². The normalized spacial score (nSPS) is 10.8. The molecule has 0 atom stereocenters. The molecule has 1 heterocycles. The molecule has 33 heavy (non-hydrogen) atoms. The van der Waals surface area contributed by atoms with E-state index in [9.17, 15) is 10.1 Å². The van der Waals surface area contributed by atoms with Crippen molar-refractivity contribution >= 4 is 5.69 Å². The minimum absolute atomic E-state index is 0.00611. The lowest BCUT2D eigenvalue weighted by Gasteiger charge is -2.08. The van der Waals surface area contributed by atoms with Gasteiger partial charge < -0.3 is 9.47 Å². The maximum Gasteiger partial charge on any atom is 0.273 e. The second-order valence-electron chi connectivity index (χ2n) is 8.09. The third-order valence-corrected chi connectivity index (χ3v) is 5.38. The Balaban J connectivity index is 1.34. The predicted octanol–water partition coefficient (Wildman–Crippen LogP) is 6.45. The first-order chi connectivity index (χ1) is 16.1. The van der Waals surface area contributed by atoms with Crippen LogP contribution in [-0.4, -0.2) is 16.5 Å². The van der Waals surface area contributed by atoms with E-state index in [0.29, 0.717) is 19.0 Å². The summed E-state index contributed by atoms with van der Waals surface area (Å²) in [6, 6.07) is 20.9. The van der Waals surface area contributed by atoms with Crippen LogP contribution in [0, 0.1) is 10.1 Å². The van der Waals surface area contributed by atoms with Crippen molar-refractivity contribution in [2.45, 2.75) is 58.7 Å². The van der Waals surface area contributed by atoms with Crippen LogP contribution >= 0.6 is 0 Å². The molecule has 0 spiro atoms. The van der Waals surface area contributed by atoms with E-state index in [4.69, 9.17) is 9.47 Å². The third kappa shape index (κ3) is 8.66. The van der Waals surface area contributed by atoms with E-state index in [1.54, 1.807) is 12.1 Å². The second kappa shape index (κ2) is 13.3. The van der Waals surface area contributed by atoms with E-state index in [1.165, 1.54) is 42.5 Å². The number of unbranched alkanes of at least 4 members (excludes halogenated alkanes) is 2. The highest BCUT2D eigenvalue weighted by Gasteiger charge is 2.07. The van der Waals surface area contributed by atoms with Gasteiger partial charge in [-0.1, -0.05) is 49.7 Å². The molecule has 3 rings (SSSR count). The van der Waals surface area contributed by atoms with Gasteiger partial charge in [0.15, 0.2) is 0 Å². The van der Waals surface area contributed by atoms with Crippen molar-refractivity contribution in [3.63, 3.8) is 0 Å². The average molecular weight is 449 g/mol. The number of nitrogens with zero attached hydrogens (tertiary/aromatic N) is 2. The molecule has 0 radical (unpaired) electrons. The largest absolute Gasteiger partial charge is 0.487 e. The molecule has 3 aromatic rings. The van der Waals surface area contributed by atoms with E-state index in [-0.39, 0.29) is 12.3 Å². The number of aromatic nitrogens is 1. The minimum Gasteiger partial charge on any atom is -0.487 e. The number of aryl methyl sites for hydroxylation is 2. The summed E-state index contributed by atoms with van der Waals surface area (Å²) in [5.74, 6) is 0.447. The van der Waals surface area contributed by atoms with Gasteiger partial charge in [0.1, 0.15) is 12.4 Å². The molecule has 0 N–H and O–H groups in total. The van der Waals surface area contributed by atoms with E-state index < -0.39 is 4.92 Å². The van der Waals surface area contributed by atoms with Crippen LogP contribution in [0.5, 0.6) is 5.75 Å². The van der Waals surface area contributed by atoms with Crippen LogP contribution in [0.1, 0.15) is 55.1 Å². The van der Waals surface area contributed by atoms with Crippen molar-refractivity contribution in [3.05, 3.63) is 99.4 Å². The van der Waals surface area contributed by atoms with E-state index in [1.807, 2.05) is 18.2 Å². The fourth-order valence-electron chi connectivity index (χ4n) is 3.50. The molecule has 6 heteroatoms. The minimum atomic E-state index is -0.437. The summed E-state index contributed by atoms with van der Waals surface area (Å²) in [6.07, 6.45) is 6.82. The molecule has 2 aromatic carbocycles. The molecule has 0 bridgehead atoms. The molecule has 174 valence electrons. The highest BCUT2D eigenvalue weighted by atomic mass is 16.6. The third-order valence-electron chi connectivity index (χ3n) is 5.38. The molecule has 0 amide bonds. The number of hydrogen-bond acceptors (Lipinski definition) is 5. The van der Waals surface area contributed by atoms with Crippen LogP contribution in [0.2, 0.25) is 0 Å². The Bertz CT molecular complexity index is 1010. The molecule has 0 aliphatic carbocycles. The van der Waals surface area contributed by atoms with Crippen LogP contribution in [0.3, 0.4) is 0 Å². The highest BCUT2D eigenvalue weighted by Crippen LogP contribution is 2.20. The lowest BCUT2D eigenvalue weighted by Crippen LogP contribution is -2.03. The maximum absolute atomic E-state index is 10.9. The van der Waals surface area contributed by atoms with Crippen molar-refractivity contribution in [1.29, 1.82) is 0 Å². The van der Waals surface area contributed by atoms with Gasteiger partial charge in [0.25, 0.3) is 5.69 Å². The number of rotatable bonds is 14. The summed E-state index contributed by atoms with van der Waals surface area (Å²) in [4.78, 5) is 15.0. The Kier molecular flexibility index (Phi) is 9.86. The Morgan fingerprint density at radius 3 is 2.21 bits per heavy atom. The topological polar surface area (TPSA) is 74.5 Å². The second-order valence-corrected chi connectivity index (χ2v) is 8.09. The highest BCUT2D eigenvalue weighted by molar-refractivity contribution is 5.38. The molecule has 0 saturated carbocycles. The average Bonchev–Trinajstić information content (AvgIpc) is 2.85. The van der Waals surface area contributed by atoms with Gasteiger partial charge in [-0.05, 0) is 61.4 Å². The zero-order valence-corrected chi connectivity index (χ0v) is 19.2. The predicted molar refractivity (Wildman–Crippen MR) is 129 cm³/mol. The van der Waals surface area contributed by atoms with Gasteiger partial charge in [0.05, 0.1) is 29.0 Å². The first kappa shape index (κ1) is 24.4. The van der Waals surface area contributed by atoms with Crippen LogP contribution < -0.4 is 4.74 Å². The van der Waals surface area contributed by atoms with Crippen LogP contribution in [0.4, 0.5) is 5.69 Å². The zero-order valence-electron chi connectivity index (χ0n) is 19.2. The summed E-state index contributed by atoms with van der Waals surface area (Å²) in [6.45, 7) is 3.62. The van der Waals surface area contributed by atoms with Gasteiger partial charge in [-0.25, -0.2) is 0 Å². The van der Waals surface area contributed by atoms with Gasteiger partial charge in [-0.15, -0.1) is 0 Å². The summed E-state index contributed by atoms with van der Waals surface area (Å²) in [7, 11) is 0.